The minimum atomic E-state index is -0.541. The maximum atomic E-state index is 5.16. The maximum absolute atomic E-state index is 5.16. The van der Waals surface area contributed by atoms with E-state index in [-0.39, 0.29) is 0 Å². The van der Waals surface area contributed by atoms with Crippen molar-refractivity contribution in [1.82, 2.24) is 19.9 Å². The lowest BCUT2D eigenvalue weighted by Gasteiger charge is -2.34. The van der Waals surface area contributed by atoms with Gasteiger partial charge in [0, 0.05) is 45.1 Å². The van der Waals surface area contributed by atoms with Gasteiger partial charge < -0.3 is 0 Å². The van der Waals surface area contributed by atoms with Crippen LogP contribution >= 0.6 is 0 Å². The third kappa shape index (κ3) is 5.92. The number of nitrogens with zero attached hydrogens (tertiary/aromatic N) is 4. The molecule has 4 heterocycles. The third-order valence-electron chi connectivity index (χ3n) is 13.4. The molecule has 0 bridgehead atoms. The van der Waals surface area contributed by atoms with Crippen molar-refractivity contribution in [2.45, 2.75) is 5.41 Å². The highest BCUT2D eigenvalue weighted by Crippen LogP contribution is 2.56. The zero-order valence-electron chi connectivity index (χ0n) is 35.2. The molecule has 8 aromatic carbocycles. The number of benzene rings is 8. The lowest BCUT2D eigenvalue weighted by molar-refractivity contribution is 0.769. The molecule has 0 saturated heterocycles. The highest BCUT2D eigenvalue weighted by atomic mass is 14.8. The van der Waals surface area contributed by atoms with Gasteiger partial charge in [0.25, 0.3) is 0 Å². The van der Waals surface area contributed by atoms with Crippen LogP contribution in [-0.4, -0.2) is 19.9 Å². The normalized spacial score (nSPS) is 12.7. The molecule has 4 nitrogen and oxygen atoms in total. The number of hydrogen-bond donors (Lipinski definition) is 0. The molecule has 1 aliphatic rings. The monoisotopic (exact) mass is 826 g/mol. The van der Waals surface area contributed by atoms with Gasteiger partial charge in [0.05, 0.1) is 38.9 Å². The Labute approximate surface area is 376 Å². The lowest BCUT2D eigenvalue weighted by atomic mass is 9.67. The van der Waals surface area contributed by atoms with Gasteiger partial charge in [-0.05, 0) is 92.0 Å². The summed E-state index contributed by atoms with van der Waals surface area (Å²) in [6.07, 6.45) is 3.68. The van der Waals surface area contributed by atoms with Crippen molar-refractivity contribution in [2.75, 3.05) is 0 Å². The summed E-state index contributed by atoms with van der Waals surface area (Å²) in [5.41, 5.74) is 19.3. The summed E-state index contributed by atoms with van der Waals surface area (Å²) < 4.78 is 0. The Bertz CT molecular complexity index is 3790. The topological polar surface area (TPSA) is 51.6 Å². The Morgan fingerprint density at radius 2 is 0.738 bits per heavy atom. The van der Waals surface area contributed by atoms with Gasteiger partial charge in [-0.3, -0.25) is 9.97 Å². The summed E-state index contributed by atoms with van der Waals surface area (Å²) in [5.74, 6) is 0. The Morgan fingerprint density at radius 1 is 0.277 bits per heavy atom. The molecular weight excluding hydrogens is 789 g/mol. The van der Waals surface area contributed by atoms with E-state index in [4.69, 9.17) is 9.97 Å². The summed E-state index contributed by atoms with van der Waals surface area (Å²) >= 11 is 0. The summed E-state index contributed by atoms with van der Waals surface area (Å²) in [6, 6.07) is 78.9. The average molecular weight is 827 g/mol. The molecule has 12 aromatic rings. The fraction of sp³-hybridized carbons (Fsp3) is 0.0164. The molecule has 65 heavy (non-hydrogen) atoms. The second-order valence-electron chi connectivity index (χ2n) is 17.0. The first-order chi connectivity index (χ1) is 32.2. The van der Waals surface area contributed by atoms with Crippen LogP contribution in [-0.2, 0) is 5.41 Å². The number of hydrogen-bond acceptors (Lipinski definition) is 4. The zero-order valence-corrected chi connectivity index (χ0v) is 35.2. The molecular formula is C61H38N4. The quantitative estimate of drug-likeness (QED) is 0.157. The van der Waals surface area contributed by atoms with Crippen LogP contribution in [0.3, 0.4) is 0 Å². The van der Waals surface area contributed by atoms with Crippen LogP contribution < -0.4 is 0 Å². The van der Waals surface area contributed by atoms with Gasteiger partial charge in [0.2, 0.25) is 0 Å². The van der Waals surface area contributed by atoms with Crippen molar-refractivity contribution >= 4 is 43.6 Å². The van der Waals surface area contributed by atoms with E-state index in [1.165, 1.54) is 33.4 Å². The number of fused-ring (bicyclic) bond motifs is 9. The molecule has 0 radical (unpaired) electrons. The van der Waals surface area contributed by atoms with Crippen LogP contribution in [0.5, 0.6) is 0 Å². The second-order valence-corrected chi connectivity index (χ2v) is 17.0. The lowest BCUT2D eigenvalue weighted by Crippen LogP contribution is -2.28. The van der Waals surface area contributed by atoms with Crippen LogP contribution in [0.4, 0.5) is 0 Å². The fourth-order valence-corrected chi connectivity index (χ4v) is 10.3. The van der Waals surface area contributed by atoms with Gasteiger partial charge in [-0.15, -0.1) is 0 Å². The molecule has 0 atom stereocenters. The first-order valence-corrected chi connectivity index (χ1v) is 22.1. The Balaban J connectivity index is 0.890. The smallest absolute Gasteiger partial charge is 0.0972 e. The molecule has 0 saturated carbocycles. The Kier molecular flexibility index (Phi) is 8.40. The molecule has 1 aliphatic carbocycles. The van der Waals surface area contributed by atoms with Crippen molar-refractivity contribution < 1.29 is 0 Å². The van der Waals surface area contributed by atoms with E-state index in [1.54, 1.807) is 0 Å². The standard InChI is InChI=1S/C61H38N4/c1-3-17-53-51(15-1)52-16-2-4-18-54(52)61(53,49-31-27-40(28-32-49)46-9-5-11-48(37-46)56-34-30-45-26-24-43-13-8-36-63-58(43)60(45)65-56)50-14-6-10-47(38-50)39-19-21-41(22-20-39)55-33-29-44-25-23-42-12-7-35-62-57(42)59(44)64-55/h1-38H. The first kappa shape index (κ1) is 37.0. The minimum absolute atomic E-state index is 0.541. The maximum Gasteiger partial charge on any atom is 0.0972 e. The van der Waals surface area contributed by atoms with Crippen LogP contribution in [0.15, 0.2) is 231 Å². The number of pyridine rings is 4. The summed E-state index contributed by atoms with van der Waals surface area (Å²) in [6.45, 7) is 0. The molecule has 0 unspecified atom stereocenters. The van der Waals surface area contributed by atoms with E-state index in [0.717, 1.165) is 88.4 Å². The highest BCUT2D eigenvalue weighted by Gasteiger charge is 2.46. The third-order valence-corrected chi connectivity index (χ3v) is 13.4. The van der Waals surface area contributed by atoms with Crippen LogP contribution in [0.25, 0.3) is 99.5 Å². The largest absolute Gasteiger partial charge is 0.254 e. The van der Waals surface area contributed by atoms with Crippen molar-refractivity contribution in [2.24, 2.45) is 0 Å². The molecule has 0 N–H and O–H groups in total. The van der Waals surface area contributed by atoms with Crippen LogP contribution in [0, 0.1) is 0 Å². The predicted octanol–water partition coefficient (Wildman–Crippen LogP) is 14.9. The molecule has 4 aromatic heterocycles. The fourth-order valence-electron chi connectivity index (χ4n) is 10.3. The van der Waals surface area contributed by atoms with E-state index >= 15 is 0 Å². The molecule has 0 aliphatic heterocycles. The van der Waals surface area contributed by atoms with Crippen LogP contribution in [0.1, 0.15) is 22.3 Å². The first-order valence-electron chi connectivity index (χ1n) is 22.1. The second kappa shape index (κ2) is 14.8. The van der Waals surface area contributed by atoms with Crippen molar-refractivity contribution in [3.05, 3.63) is 253 Å². The molecule has 0 fully saturated rings. The summed E-state index contributed by atoms with van der Waals surface area (Å²) in [7, 11) is 0. The van der Waals surface area contributed by atoms with E-state index in [9.17, 15) is 0 Å². The highest BCUT2D eigenvalue weighted by molar-refractivity contribution is 6.04. The zero-order chi connectivity index (χ0) is 42.9. The van der Waals surface area contributed by atoms with Gasteiger partial charge in [-0.25, -0.2) is 9.97 Å². The summed E-state index contributed by atoms with van der Waals surface area (Å²) in [5, 5.41) is 4.35. The van der Waals surface area contributed by atoms with Crippen molar-refractivity contribution in [3.63, 3.8) is 0 Å². The van der Waals surface area contributed by atoms with Gasteiger partial charge in [-0.1, -0.05) is 182 Å². The van der Waals surface area contributed by atoms with E-state index < -0.39 is 5.41 Å². The SMILES string of the molecule is c1cc(-c2ccc(C3(c4cccc(-c5ccc(-c6ccc7ccc8cccnc8c7n6)cc5)c4)c4ccccc4-c4ccccc43)cc2)cc(-c2ccc3ccc4cccnc4c3n2)c1. The van der Waals surface area contributed by atoms with Crippen molar-refractivity contribution in [1.29, 1.82) is 0 Å². The molecule has 0 amide bonds. The van der Waals surface area contributed by atoms with Gasteiger partial charge in [0.15, 0.2) is 0 Å². The van der Waals surface area contributed by atoms with Gasteiger partial charge in [-0.2, -0.15) is 0 Å². The molecule has 302 valence electrons. The number of aromatic nitrogens is 4. The predicted molar refractivity (Wildman–Crippen MR) is 267 cm³/mol. The molecule has 13 rings (SSSR count). The van der Waals surface area contributed by atoms with Crippen LogP contribution in [0.2, 0.25) is 0 Å². The van der Waals surface area contributed by atoms with Crippen molar-refractivity contribution in [3.8, 4) is 55.9 Å². The van der Waals surface area contributed by atoms with E-state index in [0.29, 0.717) is 0 Å². The van der Waals surface area contributed by atoms with Gasteiger partial charge in [0.1, 0.15) is 0 Å². The Morgan fingerprint density at radius 3 is 1.34 bits per heavy atom. The van der Waals surface area contributed by atoms with E-state index in [2.05, 4.69) is 216 Å². The van der Waals surface area contributed by atoms with E-state index in [1.807, 2.05) is 24.5 Å². The summed E-state index contributed by atoms with van der Waals surface area (Å²) in [4.78, 5) is 19.6. The average Bonchev–Trinajstić information content (AvgIpc) is 3.69. The molecule has 0 spiro atoms. The van der Waals surface area contributed by atoms with Gasteiger partial charge >= 0.3 is 0 Å². The minimum Gasteiger partial charge on any atom is -0.254 e. The molecule has 4 heteroatoms. The number of rotatable bonds is 6. The Hall–Kier alpha value is -8.60.